The van der Waals surface area contributed by atoms with Crippen LogP contribution in [0.5, 0.6) is 0 Å². The van der Waals surface area contributed by atoms with Gasteiger partial charge in [0.2, 0.25) is 0 Å². The van der Waals surface area contributed by atoms with E-state index in [0.717, 1.165) is 25.7 Å². The molecule has 0 aromatic rings. The largest absolute Gasteiger partial charge is 0.396 e. The normalized spacial score (nSPS) is 15.7. The maximum atomic E-state index is 9.42. The highest BCUT2D eigenvalue weighted by Crippen LogP contribution is 2.09. The summed E-state index contributed by atoms with van der Waals surface area (Å²) < 4.78 is 0. The van der Waals surface area contributed by atoms with Crippen molar-refractivity contribution in [3.05, 3.63) is 0 Å². The van der Waals surface area contributed by atoms with Crippen molar-refractivity contribution in [1.82, 2.24) is 0 Å². The van der Waals surface area contributed by atoms with Crippen LogP contribution >= 0.6 is 0 Å². The molecule has 3 heteroatoms. The molecule has 0 radical (unpaired) electrons. The summed E-state index contributed by atoms with van der Waals surface area (Å²) in [6, 6.07) is 0. The number of rotatable bonds is 8. The van der Waals surface area contributed by atoms with Crippen LogP contribution in [0.1, 0.15) is 45.4 Å². The van der Waals surface area contributed by atoms with Gasteiger partial charge in [0.1, 0.15) is 0 Å². The molecule has 0 bridgehead atoms. The van der Waals surface area contributed by atoms with Crippen LogP contribution in [0.2, 0.25) is 0 Å². The van der Waals surface area contributed by atoms with Crippen molar-refractivity contribution in [2.45, 2.75) is 57.7 Å². The SMILES string of the molecule is CC(O)CCC(O)CCCCCO. The molecule has 2 unspecified atom stereocenters. The molecule has 0 saturated heterocycles. The molecule has 0 spiro atoms. The van der Waals surface area contributed by atoms with E-state index in [4.69, 9.17) is 10.2 Å². The van der Waals surface area contributed by atoms with E-state index in [2.05, 4.69) is 0 Å². The van der Waals surface area contributed by atoms with Crippen molar-refractivity contribution >= 4 is 0 Å². The van der Waals surface area contributed by atoms with E-state index in [1.54, 1.807) is 6.92 Å². The molecule has 0 fully saturated rings. The summed E-state index contributed by atoms with van der Waals surface area (Å²) in [6.45, 7) is 1.97. The van der Waals surface area contributed by atoms with Gasteiger partial charge in [0.25, 0.3) is 0 Å². The Balaban J connectivity index is 3.15. The lowest BCUT2D eigenvalue weighted by Crippen LogP contribution is -2.10. The summed E-state index contributed by atoms with van der Waals surface area (Å²) in [6.07, 6.45) is 4.29. The number of aliphatic hydroxyl groups excluding tert-OH is 3. The van der Waals surface area contributed by atoms with Crippen molar-refractivity contribution in [3.63, 3.8) is 0 Å². The van der Waals surface area contributed by atoms with E-state index in [9.17, 15) is 5.11 Å². The van der Waals surface area contributed by atoms with Crippen LogP contribution < -0.4 is 0 Å². The Hall–Kier alpha value is -0.120. The van der Waals surface area contributed by atoms with Crippen molar-refractivity contribution in [2.24, 2.45) is 0 Å². The lowest BCUT2D eigenvalue weighted by Gasteiger charge is -2.10. The summed E-state index contributed by atoms with van der Waals surface area (Å²) in [5, 5.41) is 26.9. The highest BCUT2D eigenvalue weighted by atomic mass is 16.3. The Bertz CT molecular complexity index is 104. The first-order chi connectivity index (χ1) is 6.16. The van der Waals surface area contributed by atoms with Gasteiger partial charge in [0.15, 0.2) is 0 Å². The Morgan fingerprint density at radius 2 is 1.62 bits per heavy atom. The fourth-order valence-electron chi connectivity index (χ4n) is 1.25. The minimum Gasteiger partial charge on any atom is -0.396 e. The molecular formula is C10H22O3. The van der Waals surface area contributed by atoms with Gasteiger partial charge < -0.3 is 15.3 Å². The summed E-state index contributed by atoms with van der Waals surface area (Å²) in [4.78, 5) is 0. The fourth-order valence-corrected chi connectivity index (χ4v) is 1.25. The molecule has 0 rings (SSSR count). The summed E-state index contributed by atoms with van der Waals surface area (Å²) in [5.41, 5.74) is 0. The quantitative estimate of drug-likeness (QED) is 0.502. The van der Waals surface area contributed by atoms with Gasteiger partial charge in [-0.3, -0.25) is 0 Å². The van der Waals surface area contributed by atoms with Crippen LogP contribution in [-0.2, 0) is 0 Å². The molecule has 80 valence electrons. The second-order valence-electron chi connectivity index (χ2n) is 3.65. The zero-order valence-electron chi connectivity index (χ0n) is 8.45. The number of unbranched alkanes of at least 4 members (excludes halogenated alkanes) is 2. The lowest BCUT2D eigenvalue weighted by atomic mass is 10.0. The molecule has 0 aromatic heterocycles. The van der Waals surface area contributed by atoms with Crippen LogP contribution in [-0.4, -0.2) is 34.1 Å². The highest BCUT2D eigenvalue weighted by Gasteiger charge is 2.05. The van der Waals surface area contributed by atoms with Gasteiger partial charge in [-0.25, -0.2) is 0 Å². The van der Waals surface area contributed by atoms with Gasteiger partial charge in [-0.1, -0.05) is 12.8 Å². The zero-order chi connectivity index (χ0) is 10.1. The van der Waals surface area contributed by atoms with Crippen LogP contribution in [0.15, 0.2) is 0 Å². The van der Waals surface area contributed by atoms with Gasteiger partial charge in [-0.05, 0) is 32.6 Å². The van der Waals surface area contributed by atoms with Gasteiger partial charge in [0.05, 0.1) is 12.2 Å². The molecule has 0 saturated carbocycles. The predicted molar refractivity (Wildman–Crippen MR) is 52.5 cm³/mol. The van der Waals surface area contributed by atoms with Crippen molar-refractivity contribution in [1.29, 1.82) is 0 Å². The number of aliphatic hydroxyl groups is 3. The highest BCUT2D eigenvalue weighted by molar-refractivity contribution is 4.58. The van der Waals surface area contributed by atoms with Crippen molar-refractivity contribution < 1.29 is 15.3 Å². The molecular weight excluding hydrogens is 168 g/mol. The molecule has 2 atom stereocenters. The van der Waals surface area contributed by atoms with Crippen LogP contribution in [0, 0.1) is 0 Å². The minimum atomic E-state index is -0.313. The molecule has 13 heavy (non-hydrogen) atoms. The molecule has 0 aliphatic rings. The lowest BCUT2D eigenvalue weighted by molar-refractivity contribution is 0.114. The third kappa shape index (κ3) is 9.80. The monoisotopic (exact) mass is 190 g/mol. The van der Waals surface area contributed by atoms with E-state index in [1.165, 1.54) is 0 Å². The van der Waals surface area contributed by atoms with E-state index in [-0.39, 0.29) is 18.8 Å². The van der Waals surface area contributed by atoms with E-state index >= 15 is 0 Å². The van der Waals surface area contributed by atoms with Gasteiger partial charge >= 0.3 is 0 Å². The van der Waals surface area contributed by atoms with E-state index < -0.39 is 0 Å². The molecule has 3 N–H and O–H groups in total. The number of hydrogen-bond donors (Lipinski definition) is 3. The predicted octanol–water partition coefficient (Wildman–Crippen LogP) is 1.06. The van der Waals surface area contributed by atoms with E-state index in [0.29, 0.717) is 12.8 Å². The molecule has 0 aliphatic carbocycles. The topological polar surface area (TPSA) is 60.7 Å². The van der Waals surface area contributed by atoms with Gasteiger partial charge in [-0.2, -0.15) is 0 Å². The summed E-state index contributed by atoms with van der Waals surface area (Å²) in [5.74, 6) is 0. The maximum absolute atomic E-state index is 9.42. The summed E-state index contributed by atoms with van der Waals surface area (Å²) >= 11 is 0. The van der Waals surface area contributed by atoms with Gasteiger partial charge in [0, 0.05) is 6.61 Å². The van der Waals surface area contributed by atoms with E-state index in [1.807, 2.05) is 0 Å². The van der Waals surface area contributed by atoms with Crippen molar-refractivity contribution in [3.8, 4) is 0 Å². The molecule has 3 nitrogen and oxygen atoms in total. The number of hydrogen-bond acceptors (Lipinski definition) is 3. The average Bonchev–Trinajstić information content (AvgIpc) is 2.09. The second-order valence-corrected chi connectivity index (χ2v) is 3.65. The van der Waals surface area contributed by atoms with Crippen LogP contribution in [0.25, 0.3) is 0 Å². The van der Waals surface area contributed by atoms with Crippen molar-refractivity contribution in [2.75, 3.05) is 6.61 Å². The maximum Gasteiger partial charge on any atom is 0.0541 e. The molecule has 0 aromatic carbocycles. The summed E-state index contributed by atoms with van der Waals surface area (Å²) in [7, 11) is 0. The zero-order valence-corrected chi connectivity index (χ0v) is 8.45. The van der Waals surface area contributed by atoms with Crippen LogP contribution in [0.4, 0.5) is 0 Å². The third-order valence-corrected chi connectivity index (χ3v) is 2.11. The first kappa shape index (κ1) is 12.9. The average molecular weight is 190 g/mol. The smallest absolute Gasteiger partial charge is 0.0541 e. The Labute approximate surface area is 80.4 Å². The Morgan fingerprint density at radius 3 is 2.15 bits per heavy atom. The fraction of sp³-hybridized carbons (Fsp3) is 1.00. The van der Waals surface area contributed by atoms with Gasteiger partial charge in [-0.15, -0.1) is 0 Å². The second kappa shape index (κ2) is 8.48. The Kier molecular flexibility index (Phi) is 8.40. The first-order valence-corrected chi connectivity index (χ1v) is 5.13. The standard InChI is InChI=1S/C10H22O3/c1-9(12)6-7-10(13)5-3-2-4-8-11/h9-13H,2-8H2,1H3. The minimum absolute atomic E-state index is 0.240. The Morgan fingerprint density at radius 1 is 0.923 bits per heavy atom. The molecule has 0 heterocycles. The third-order valence-electron chi connectivity index (χ3n) is 2.11. The van der Waals surface area contributed by atoms with Crippen LogP contribution in [0.3, 0.4) is 0 Å². The molecule has 0 amide bonds. The first-order valence-electron chi connectivity index (χ1n) is 5.13. The molecule has 0 aliphatic heterocycles.